The van der Waals surface area contributed by atoms with Gasteiger partial charge < -0.3 is 185 Å². The van der Waals surface area contributed by atoms with Crippen LogP contribution in [0.1, 0.15) is 221 Å². The minimum absolute atomic E-state index is 0.0916. The van der Waals surface area contributed by atoms with Gasteiger partial charge in [0.05, 0.1) is 76.1 Å². The molecule has 0 aromatic carbocycles. The van der Waals surface area contributed by atoms with Gasteiger partial charge in [0.25, 0.3) is 11.6 Å². The summed E-state index contributed by atoms with van der Waals surface area (Å²) in [5.74, 6) is -15.6. The number of hydrogen-bond donors (Lipinski definition) is 24. The van der Waals surface area contributed by atoms with Gasteiger partial charge in [0.15, 0.2) is 25.2 Å². The molecule has 128 heavy (non-hydrogen) atoms. The lowest BCUT2D eigenvalue weighted by Crippen LogP contribution is -2.72. The van der Waals surface area contributed by atoms with E-state index in [1.807, 2.05) is 0 Å². The molecule has 6 heterocycles. The molecule has 0 aromatic heterocycles. The summed E-state index contributed by atoms with van der Waals surface area (Å²) in [6.07, 6.45) is -35.4. The average molecular weight is 1850 g/mol. The van der Waals surface area contributed by atoms with E-state index in [1.54, 1.807) is 6.08 Å². The van der Waals surface area contributed by atoms with Gasteiger partial charge in [0, 0.05) is 47.0 Å². The Morgan fingerprint density at radius 2 is 0.812 bits per heavy atom. The first-order chi connectivity index (χ1) is 60.9. The molecule has 0 saturated carbocycles. The lowest BCUT2D eigenvalue weighted by molar-refractivity contribution is -0.405. The molecule has 6 rings (SSSR count). The summed E-state index contributed by atoms with van der Waals surface area (Å²) >= 11 is 0. The number of esters is 1. The van der Waals surface area contributed by atoms with Crippen molar-refractivity contribution in [1.29, 1.82) is 0 Å². The number of ether oxygens (including phenoxy) is 13. The quantitative estimate of drug-likeness (QED) is 0.0156. The van der Waals surface area contributed by atoms with Crippen LogP contribution in [0.3, 0.4) is 0 Å². The number of nitrogens with one attached hydrogen (secondary N) is 4. The molecule has 742 valence electrons. The summed E-state index contributed by atoms with van der Waals surface area (Å²) in [6.45, 7) is 0.253. The number of allylic oxidation sites excluding steroid dienone is 1. The third-order valence-corrected chi connectivity index (χ3v) is 23.8. The highest BCUT2D eigenvalue weighted by Crippen LogP contribution is 2.43. The van der Waals surface area contributed by atoms with Crippen molar-refractivity contribution < 1.29 is 197 Å². The summed E-state index contributed by atoms with van der Waals surface area (Å²) in [4.78, 5) is 91.5. The van der Waals surface area contributed by atoms with Crippen LogP contribution >= 0.6 is 0 Å². The molecule has 0 aromatic rings. The largest absolute Gasteiger partial charge is 0.477 e. The van der Waals surface area contributed by atoms with Crippen molar-refractivity contribution in [2.24, 2.45) is 0 Å². The zero-order valence-corrected chi connectivity index (χ0v) is 74.0. The molecule has 0 spiro atoms. The Bertz CT molecular complexity index is 3290. The van der Waals surface area contributed by atoms with Crippen LogP contribution in [0.2, 0.25) is 0 Å². The minimum atomic E-state index is -3.51. The number of aliphatic hydroxyl groups is 18. The number of aliphatic hydroxyl groups excluding tert-OH is 18. The van der Waals surface area contributed by atoms with Crippen molar-refractivity contribution in [1.82, 2.24) is 21.3 Å². The van der Waals surface area contributed by atoms with Gasteiger partial charge in [0.1, 0.15) is 141 Å². The fourth-order valence-corrected chi connectivity index (χ4v) is 16.7. The summed E-state index contributed by atoms with van der Waals surface area (Å²) < 4.78 is 77.3. The second-order valence-corrected chi connectivity index (χ2v) is 34.2. The number of unbranched alkanes of at least 4 members (excludes halogenated alkanes) is 23. The third kappa shape index (κ3) is 32.6. The van der Waals surface area contributed by atoms with Crippen LogP contribution in [0, 0.1) is 0 Å². The van der Waals surface area contributed by atoms with Gasteiger partial charge in [0.2, 0.25) is 23.6 Å². The first kappa shape index (κ1) is 112. The van der Waals surface area contributed by atoms with Gasteiger partial charge >= 0.3 is 17.9 Å². The van der Waals surface area contributed by atoms with Crippen LogP contribution in [-0.4, -0.2) is 397 Å². The van der Waals surface area contributed by atoms with Crippen LogP contribution < -0.4 is 21.3 Å². The number of rotatable bonds is 58. The fourth-order valence-electron chi connectivity index (χ4n) is 16.7. The highest BCUT2D eigenvalue weighted by molar-refractivity contribution is 5.78. The summed E-state index contributed by atoms with van der Waals surface area (Å²) in [7, 11) is 0. The maximum atomic E-state index is 14.1. The lowest BCUT2D eigenvalue weighted by Gasteiger charge is -2.53. The fraction of sp³-hybridized carbons (Fsp3) is 0.893. The van der Waals surface area contributed by atoms with E-state index < -0.39 is 308 Å². The highest BCUT2D eigenvalue weighted by Gasteiger charge is 2.64. The molecular weight excluding hydrogens is 1700 g/mol. The average Bonchev–Trinajstić information content (AvgIpc) is 0.748. The number of amides is 4. The molecule has 0 bridgehead atoms. The van der Waals surface area contributed by atoms with Crippen LogP contribution in [0.25, 0.3) is 0 Å². The first-order valence-corrected chi connectivity index (χ1v) is 45.1. The van der Waals surface area contributed by atoms with E-state index in [0.717, 1.165) is 91.9 Å². The Morgan fingerprint density at radius 1 is 0.422 bits per heavy atom. The highest BCUT2D eigenvalue weighted by atomic mass is 16.8. The van der Waals surface area contributed by atoms with E-state index in [4.69, 9.17) is 61.6 Å². The number of carbonyl (C=O) groups excluding carboxylic acids is 5. The van der Waals surface area contributed by atoms with Gasteiger partial charge in [-0.1, -0.05) is 167 Å². The van der Waals surface area contributed by atoms with E-state index in [9.17, 15) is 136 Å². The van der Waals surface area contributed by atoms with E-state index in [0.29, 0.717) is 12.8 Å². The molecule has 6 fully saturated rings. The van der Waals surface area contributed by atoms with Gasteiger partial charge in [-0.2, -0.15) is 0 Å². The van der Waals surface area contributed by atoms with Crippen LogP contribution in [0.4, 0.5) is 0 Å². The topological polar surface area (TPSA) is 692 Å². The predicted octanol–water partition coefficient (Wildman–Crippen LogP) is -4.08. The second-order valence-electron chi connectivity index (χ2n) is 34.2. The van der Waals surface area contributed by atoms with Crippen molar-refractivity contribution >= 4 is 41.5 Å². The standard InChI is InChI=1S/C84H146N4O40/c1-7-9-11-13-15-17-19-21-23-25-27-29-31-33-49(98)48(88-58(103)34-32-30-28-26-24-22-20-18-16-14-12-10-8-2)42-117-78-67(109)66(108)70(56(40-92)120-78)122-80-69(111)76(128-84(82(114)115)36-51(100)59(85-44(3)94)73(125-84)62(104)52(101)37-89)71(57(41-93)121-80)123-77-61(87-46(5)96)72(64(106)54(38-90)118-77)124-79-68(110)75(65(107)55(39-91)119-79)127-83(81(112)113)35-50(99)60(86-45(4)95)74(126-83)63(105)53(102)43-116-47(6)97/h31,33,48-57,59-80,89-93,98-102,104-111H,7-30,32,34-43H2,1-6H3,(H,85,94)(H,86,95)(H,87,96)(H,88,103)(H,112,113)(H,114,115)/b33-31+/t48-,49+,50?,51?,52+,53+,54?,55?,56?,57?,59+,60+,61?,62+,63+,64-,65-,66+,67?,68?,69?,70+,71-,72+,73?,74?,75-,76+,77-,78+,79-,80-,83-,84-/m0/s1. The molecular formula is C84H146N4O40. The smallest absolute Gasteiger partial charge is 0.364 e. The van der Waals surface area contributed by atoms with Gasteiger partial charge in [-0.25, -0.2) is 9.59 Å². The zero-order valence-electron chi connectivity index (χ0n) is 74.0. The van der Waals surface area contributed by atoms with Crippen molar-refractivity contribution in [3.8, 4) is 0 Å². The summed E-state index contributed by atoms with van der Waals surface area (Å²) in [5, 5.41) is 239. The minimum Gasteiger partial charge on any atom is -0.477 e. The molecule has 24 N–H and O–H groups in total. The Morgan fingerprint density at radius 3 is 1.27 bits per heavy atom. The summed E-state index contributed by atoms with van der Waals surface area (Å²) in [5.41, 5.74) is 0. The normalized spacial score (nSPS) is 34.9. The van der Waals surface area contributed by atoms with Gasteiger partial charge in [-0.15, -0.1) is 0 Å². The van der Waals surface area contributed by atoms with Crippen molar-refractivity contribution in [3.05, 3.63) is 12.2 Å². The Balaban J connectivity index is 1.32. The van der Waals surface area contributed by atoms with Crippen LogP contribution in [0.15, 0.2) is 12.2 Å². The molecule has 0 aliphatic carbocycles. The number of carbonyl (C=O) groups is 7. The molecule has 0 radical (unpaired) electrons. The second kappa shape index (κ2) is 56.2. The van der Waals surface area contributed by atoms with E-state index in [-0.39, 0.29) is 6.42 Å². The predicted molar refractivity (Wildman–Crippen MR) is 440 cm³/mol. The van der Waals surface area contributed by atoms with Crippen molar-refractivity contribution in [2.45, 2.75) is 429 Å². The zero-order chi connectivity index (χ0) is 94.7. The number of carboxylic acid groups (broad SMARTS) is 2. The maximum absolute atomic E-state index is 14.1. The molecule has 4 amide bonds. The molecule has 34 atom stereocenters. The monoisotopic (exact) mass is 1850 g/mol. The Hall–Kier alpha value is -5.17. The van der Waals surface area contributed by atoms with Crippen molar-refractivity contribution in [2.75, 3.05) is 46.2 Å². The van der Waals surface area contributed by atoms with E-state index >= 15 is 0 Å². The number of carboxylic acids is 2. The maximum Gasteiger partial charge on any atom is 0.364 e. The Labute approximate surface area is 744 Å². The molecule has 6 aliphatic rings. The molecule has 6 saturated heterocycles. The van der Waals surface area contributed by atoms with Crippen LogP contribution in [-0.2, 0) is 95.1 Å². The molecule has 44 nitrogen and oxygen atoms in total. The number of aliphatic carboxylic acids is 2. The number of hydrogen-bond acceptors (Lipinski definition) is 38. The Kier molecular flexibility index (Phi) is 49.0. The third-order valence-electron chi connectivity index (χ3n) is 23.8. The lowest BCUT2D eigenvalue weighted by atomic mass is 9.88. The van der Waals surface area contributed by atoms with Gasteiger partial charge in [-0.05, 0) is 19.3 Å². The van der Waals surface area contributed by atoms with Crippen molar-refractivity contribution in [3.63, 3.8) is 0 Å². The summed E-state index contributed by atoms with van der Waals surface area (Å²) in [6, 6.07) is -7.00. The van der Waals surface area contributed by atoms with Gasteiger partial charge in [-0.3, -0.25) is 24.0 Å². The first-order valence-electron chi connectivity index (χ1n) is 45.1. The van der Waals surface area contributed by atoms with Crippen LogP contribution in [0.5, 0.6) is 0 Å². The molecule has 6 aliphatic heterocycles. The molecule has 44 heteroatoms. The molecule has 12 unspecified atom stereocenters. The van der Waals surface area contributed by atoms with E-state index in [2.05, 4.69) is 35.1 Å². The van der Waals surface area contributed by atoms with E-state index in [1.165, 1.54) is 89.5 Å². The SMILES string of the molecule is CCCCCCCCCCCCC/C=C/[C@@H](O)[C@H](CO[C@@H]1OC(CO)[C@@H](O[C@@H]2OC(CO)[C@H](O[C@@H]3OC(CO)[C@H](O)[C@H](O[C@@H]4OC(CO)[C@H](O)[C@H](O[C@]5(C(=O)O)CC(O)[C@@H](NC(C)=O)C([C@H](O)[C@H](O)COC(C)=O)O5)C4O)C3NC(C)=O)[C@H](O[C@]3(C(=O)O)CC(O)[C@@H](NC(C)=O)C([C@H](O)[C@H](O)CO)O3)C2O)[C@H](O)C1O)NC(=O)CCCCCCCCCCCCCCC.